The predicted molar refractivity (Wildman–Crippen MR) is 82.1 cm³/mol. The third-order valence-corrected chi connectivity index (χ3v) is 3.61. The number of nitrogens with one attached hydrogen (secondary N) is 1. The average molecular weight is 289 g/mol. The summed E-state index contributed by atoms with van der Waals surface area (Å²) in [6.45, 7) is 4.78. The molecule has 0 radical (unpaired) electrons. The van der Waals surface area contributed by atoms with E-state index in [1.54, 1.807) is 13.4 Å². The van der Waals surface area contributed by atoms with Crippen LogP contribution in [-0.2, 0) is 6.54 Å². The number of methoxy groups -OCH3 is 1. The van der Waals surface area contributed by atoms with Gasteiger partial charge >= 0.3 is 0 Å². The van der Waals surface area contributed by atoms with E-state index in [0.29, 0.717) is 6.54 Å². The minimum atomic E-state index is -0.578. The lowest BCUT2D eigenvalue weighted by Gasteiger charge is -2.27. The molecule has 2 aromatic rings. The fourth-order valence-corrected chi connectivity index (χ4v) is 2.35. The normalized spacial score (nSPS) is 14.1. The van der Waals surface area contributed by atoms with Gasteiger partial charge in [-0.3, -0.25) is 0 Å². The maximum Gasteiger partial charge on any atom is 0.118 e. The molecule has 0 aliphatic carbocycles. The number of benzene rings is 1. The number of aliphatic hydroxyl groups is 1. The fourth-order valence-electron chi connectivity index (χ4n) is 2.35. The molecule has 114 valence electrons. The van der Waals surface area contributed by atoms with E-state index in [1.807, 2.05) is 36.4 Å². The van der Waals surface area contributed by atoms with E-state index in [-0.39, 0.29) is 12.0 Å². The van der Waals surface area contributed by atoms with Gasteiger partial charge in [-0.15, -0.1) is 0 Å². The molecule has 0 amide bonds. The largest absolute Gasteiger partial charge is 0.497 e. The number of rotatable bonds is 7. The SMILES string of the molecule is COc1ccc(C(O)C(NCc2ccco2)C(C)C)cc1. The second-order valence-corrected chi connectivity index (χ2v) is 5.45. The maximum atomic E-state index is 10.6. The molecule has 0 saturated heterocycles. The molecule has 0 aliphatic heterocycles. The Bertz CT molecular complexity index is 519. The second-order valence-electron chi connectivity index (χ2n) is 5.45. The third kappa shape index (κ3) is 4.09. The lowest BCUT2D eigenvalue weighted by Crippen LogP contribution is -2.38. The van der Waals surface area contributed by atoms with E-state index in [2.05, 4.69) is 19.2 Å². The molecule has 1 heterocycles. The third-order valence-electron chi connectivity index (χ3n) is 3.61. The van der Waals surface area contributed by atoms with Gasteiger partial charge in [0, 0.05) is 6.04 Å². The van der Waals surface area contributed by atoms with E-state index in [0.717, 1.165) is 17.1 Å². The summed E-state index contributed by atoms with van der Waals surface area (Å²) < 4.78 is 10.5. The van der Waals surface area contributed by atoms with Crippen LogP contribution in [0.2, 0.25) is 0 Å². The Labute approximate surface area is 125 Å². The van der Waals surface area contributed by atoms with Gasteiger partial charge in [0.15, 0.2) is 0 Å². The fraction of sp³-hybridized carbons (Fsp3) is 0.412. The van der Waals surface area contributed by atoms with Crippen LogP contribution in [-0.4, -0.2) is 18.3 Å². The van der Waals surface area contributed by atoms with Crippen LogP contribution in [0.5, 0.6) is 5.75 Å². The minimum Gasteiger partial charge on any atom is -0.497 e. The van der Waals surface area contributed by atoms with Crippen molar-refractivity contribution in [2.75, 3.05) is 7.11 Å². The summed E-state index contributed by atoms with van der Waals surface area (Å²) in [6, 6.07) is 11.3. The van der Waals surface area contributed by atoms with Gasteiger partial charge in [0.1, 0.15) is 11.5 Å². The van der Waals surface area contributed by atoms with Crippen LogP contribution in [0.1, 0.15) is 31.3 Å². The van der Waals surface area contributed by atoms with Gasteiger partial charge in [-0.05, 0) is 35.7 Å². The first-order chi connectivity index (χ1) is 10.1. The topological polar surface area (TPSA) is 54.6 Å². The Morgan fingerprint density at radius 1 is 1.19 bits per heavy atom. The van der Waals surface area contributed by atoms with E-state index in [1.165, 1.54) is 0 Å². The van der Waals surface area contributed by atoms with E-state index in [9.17, 15) is 5.11 Å². The molecule has 1 aromatic heterocycles. The summed E-state index contributed by atoms with van der Waals surface area (Å²) in [6.07, 6.45) is 1.08. The van der Waals surface area contributed by atoms with Gasteiger partial charge in [-0.25, -0.2) is 0 Å². The van der Waals surface area contributed by atoms with Gasteiger partial charge in [-0.2, -0.15) is 0 Å². The van der Waals surface area contributed by atoms with E-state index >= 15 is 0 Å². The highest BCUT2D eigenvalue weighted by Crippen LogP contribution is 2.24. The van der Waals surface area contributed by atoms with E-state index in [4.69, 9.17) is 9.15 Å². The van der Waals surface area contributed by atoms with Crippen molar-refractivity contribution >= 4 is 0 Å². The Hall–Kier alpha value is -1.78. The molecular formula is C17H23NO3. The molecule has 0 fully saturated rings. The quantitative estimate of drug-likeness (QED) is 0.822. The highest BCUT2D eigenvalue weighted by Gasteiger charge is 2.23. The molecule has 0 aliphatic rings. The van der Waals surface area contributed by atoms with E-state index < -0.39 is 6.10 Å². The van der Waals surface area contributed by atoms with Crippen LogP contribution >= 0.6 is 0 Å². The molecule has 0 saturated carbocycles. The summed E-state index contributed by atoms with van der Waals surface area (Å²) in [4.78, 5) is 0. The molecule has 2 unspecified atom stereocenters. The van der Waals surface area contributed by atoms with Crippen molar-refractivity contribution in [3.8, 4) is 5.75 Å². The Kier molecular flexibility index (Phi) is 5.42. The van der Waals surface area contributed by atoms with Gasteiger partial charge in [0.05, 0.1) is 26.0 Å². The number of ether oxygens (including phenoxy) is 1. The van der Waals surface area contributed by atoms with Crippen molar-refractivity contribution in [1.29, 1.82) is 0 Å². The van der Waals surface area contributed by atoms with Crippen molar-refractivity contribution in [1.82, 2.24) is 5.32 Å². The average Bonchev–Trinajstić information content (AvgIpc) is 3.00. The molecule has 0 spiro atoms. The minimum absolute atomic E-state index is 0.0523. The van der Waals surface area contributed by atoms with Gasteiger partial charge in [-0.1, -0.05) is 26.0 Å². The zero-order valence-corrected chi connectivity index (χ0v) is 12.7. The van der Waals surface area contributed by atoms with Crippen LogP contribution in [0.25, 0.3) is 0 Å². The molecule has 2 atom stereocenters. The number of aliphatic hydroxyl groups excluding tert-OH is 1. The second kappa shape index (κ2) is 7.29. The summed E-state index contributed by atoms with van der Waals surface area (Å²) in [5, 5.41) is 14.0. The molecule has 1 aromatic carbocycles. The number of hydrogen-bond acceptors (Lipinski definition) is 4. The highest BCUT2D eigenvalue weighted by molar-refractivity contribution is 5.29. The Morgan fingerprint density at radius 3 is 2.43 bits per heavy atom. The van der Waals surface area contributed by atoms with Crippen LogP contribution in [0.3, 0.4) is 0 Å². The predicted octanol–water partition coefficient (Wildman–Crippen LogP) is 3.14. The number of furan rings is 1. The lowest BCUT2D eigenvalue weighted by atomic mass is 9.93. The molecule has 2 rings (SSSR count). The molecule has 0 bridgehead atoms. The van der Waals surface area contributed by atoms with Crippen molar-refractivity contribution in [3.63, 3.8) is 0 Å². The first-order valence-corrected chi connectivity index (χ1v) is 7.19. The molecule has 2 N–H and O–H groups in total. The smallest absolute Gasteiger partial charge is 0.118 e. The zero-order chi connectivity index (χ0) is 15.2. The Balaban J connectivity index is 2.05. The van der Waals surface area contributed by atoms with Crippen LogP contribution in [0.15, 0.2) is 47.1 Å². The monoisotopic (exact) mass is 289 g/mol. The van der Waals surface area contributed by atoms with Crippen LogP contribution < -0.4 is 10.1 Å². The zero-order valence-electron chi connectivity index (χ0n) is 12.7. The number of hydrogen-bond donors (Lipinski definition) is 2. The van der Waals surface area contributed by atoms with Crippen molar-refractivity contribution < 1.29 is 14.3 Å². The molecular weight excluding hydrogens is 266 g/mol. The van der Waals surface area contributed by atoms with Crippen molar-refractivity contribution in [2.45, 2.75) is 32.5 Å². The maximum absolute atomic E-state index is 10.6. The lowest BCUT2D eigenvalue weighted by molar-refractivity contribution is 0.103. The molecule has 21 heavy (non-hydrogen) atoms. The van der Waals surface area contributed by atoms with Crippen LogP contribution in [0, 0.1) is 5.92 Å². The summed E-state index contributed by atoms with van der Waals surface area (Å²) in [7, 11) is 1.63. The molecule has 4 heteroatoms. The van der Waals surface area contributed by atoms with Crippen molar-refractivity contribution in [2.24, 2.45) is 5.92 Å². The van der Waals surface area contributed by atoms with Crippen LogP contribution in [0.4, 0.5) is 0 Å². The first-order valence-electron chi connectivity index (χ1n) is 7.19. The van der Waals surface area contributed by atoms with Gasteiger partial charge in [0.2, 0.25) is 0 Å². The molecule has 4 nitrogen and oxygen atoms in total. The van der Waals surface area contributed by atoms with Gasteiger partial charge < -0.3 is 19.6 Å². The standard InChI is InChI=1S/C17H23NO3/c1-12(2)16(18-11-15-5-4-10-21-15)17(19)13-6-8-14(20-3)9-7-13/h4-10,12,16-19H,11H2,1-3H3. The van der Waals surface area contributed by atoms with Crippen molar-refractivity contribution in [3.05, 3.63) is 54.0 Å². The summed E-state index contributed by atoms with van der Waals surface area (Å²) in [5.74, 6) is 1.94. The highest BCUT2D eigenvalue weighted by atomic mass is 16.5. The Morgan fingerprint density at radius 2 is 1.90 bits per heavy atom. The first kappa shape index (κ1) is 15.6. The summed E-state index contributed by atoms with van der Waals surface area (Å²) >= 11 is 0. The van der Waals surface area contributed by atoms with Gasteiger partial charge in [0.25, 0.3) is 0 Å². The summed E-state index contributed by atoms with van der Waals surface area (Å²) in [5.41, 5.74) is 0.876.